The van der Waals surface area contributed by atoms with Gasteiger partial charge >= 0.3 is 17.3 Å². The van der Waals surface area contributed by atoms with Crippen LogP contribution in [-0.2, 0) is 17.8 Å². The van der Waals surface area contributed by atoms with Crippen LogP contribution in [0, 0.1) is 0 Å². The molecule has 2 heterocycles. The molecule has 0 bridgehead atoms. The molecule has 0 aliphatic carbocycles. The summed E-state index contributed by atoms with van der Waals surface area (Å²) in [6.45, 7) is 2.04. The largest absolute Gasteiger partial charge is 0.465 e. The molecule has 0 aliphatic heterocycles. The number of carbonyl (C=O) groups excluding carboxylic acids is 1. The van der Waals surface area contributed by atoms with Gasteiger partial charge in [0.05, 0.1) is 19.2 Å². The fourth-order valence-corrected chi connectivity index (χ4v) is 3.70. The van der Waals surface area contributed by atoms with Gasteiger partial charge in [0.25, 0.3) is 5.56 Å². The van der Waals surface area contributed by atoms with Crippen molar-refractivity contribution in [2.24, 2.45) is 0 Å². The standard InChI is InChI=1S/C25H22ClN5O5/c1-3-29-24(34)28-23(31(25(29)35)14-16-4-7-18(26)8-5-16)27-19-9-11-20(12-10-19)30-15-17(22(33)36-2)6-13-21(30)32/h4-13,15H,3,14H2,1-2H3,(H,27,28,34). The summed E-state index contributed by atoms with van der Waals surface area (Å²) in [5, 5.41) is 3.59. The first kappa shape index (κ1) is 24.7. The lowest BCUT2D eigenvalue weighted by Gasteiger charge is -2.15. The van der Waals surface area contributed by atoms with Gasteiger partial charge in [-0.25, -0.2) is 19.0 Å². The normalized spacial score (nSPS) is 10.8. The molecule has 0 saturated carbocycles. The minimum atomic E-state index is -0.667. The summed E-state index contributed by atoms with van der Waals surface area (Å²) in [4.78, 5) is 53.7. The number of ether oxygens (including phenoxy) is 1. The van der Waals surface area contributed by atoms with Crippen LogP contribution < -0.4 is 22.3 Å². The first-order valence-corrected chi connectivity index (χ1v) is 11.3. The van der Waals surface area contributed by atoms with Gasteiger partial charge in [-0.05, 0) is 55.0 Å². The number of nitrogens with one attached hydrogen (secondary N) is 1. The summed E-state index contributed by atoms with van der Waals surface area (Å²) >= 11 is 5.97. The summed E-state index contributed by atoms with van der Waals surface area (Å²) in [7, 11) is 1.26. The van der Waals surface area contributed by atoms with Crippen molar-refractivity contribution >= 4 is 29.2 Å². The Bertz CT molecular complexity index is 1590. The summed E-state index contributed by atoms with van der Waals surface area (Å²) < 4.78 is 8.44. The summed E-state index contributed by atoms with van der Waals surface area (Å²) in [6, 6.07) is 16.3. The average molecular weight is 508 g/mol. The van der Waals surface area contributed by atoms with Crippen LogP contribution in [0.4, 0.5) is 11.6 Å². The molecule has 10 nitrogen and oxygen atoms in total. The SMILES string of the molecule is CCn1c(=O)nc(Nc2ccc(-n3cc(C(=O)OC)ccc3=O)cc2)n(Cc2ccc(Cl)cc2)c1=O. The van der Waals surface area contributed by atoms with E-state index < -0.39 is 17.3 Å². The second-order valence-electron chi connectivity index (χ2n) is 7.75. The lowest BCUT2D eigenvalue weighted by molar-refractivity contribution is 0.0600. The number of carbonyl (C=O) groups is 1. The molecule has 11 heteroatoms. The molecule has 2 aromatic carbocycles. The summed E-state index contributed by atoms with van der Waals surface area (Å²) in [6.07, 6.45) is 1.40. The third-order valence-corrected chi connectivity index (χ3v) is 5.71. The Balaban J connectivity index is 1.69. The number of nitrogens with zero attached hydrogens (tertiary/aromatic N) is 4. The highest BCUT2D eigenvalue weighted by Gasteiger charge is 2.14. The van der Waals surface area contributed by atoms with Crippen molar-refractivity contribution < 1.29 is 9.53 Å². The van der Waals surface area contributed by atoms with Gasteiger partial charge in [-0.1, -0.05) is 23.7 Å². The third-order valence-electron chi connectivity index (χ3n) is 5.45. The number of anilines is 2. The lowest BCUT2D eigenvalue weighted by Crippen LogP contribution is -2.42. The van der Waals surface area contributed by atoms with Gasteiger partial charge in [-0.3, -0.25) is 13.9 Å². The minimum Gasteiger partial charge on any atom is -0.465 e. The van der Waals surface area contributed by atoms with Gasteiger partial charge in [0.2, 0.25) is 5.95 Å². The van der Waals surface area contributed by atoms with E-state index in [1.165, 1.54) is 34.6 Å². The van der Waals surface area contributed by atoms with E-state index in [9.17, 15) is 19.2 Å². The van der Waals surface area contributed by atoms with Gasteiger partial charge in [0.1, 0.15) is 0 Å². The van der Waals surface area contributed by atoms with Crippen LogP contribution >= 0.6 is 11.6 Å². The molecule has 0 fully saturated rings. The molecule has 0 amide bonds. The second kappa shape index (κ2) is 10.4. The average Bonchev–Trinajstić information content (AvgIpc) is 2.88. The molecule has 2 aromatic heterocycles. The molecule has 36 heavy (non-hydrogen) atoms. The molecule has 0 atom stereocenters. The van der Waals surface area contributed by atoms with Crippen molar-refractivity contribution in [2.75, 3.05) is 12.4 Å². The summed E-state index contributed by atoms with van der Waals surface area (Å²) in [5.41, 5.74) is 0.563. The van der Waals surface area contributed by atoms with E-state index >= 15 is 0 Å². The number of pyridine rings is 1. The molecule has 4 aromatic rings. The number of halogens is 1. The number of aromatic nitrogens is 4. The molecule has 0 saturated heterocycles. The maximum Gasteiger partial charge on any atom is 0.354 e. The molecular weight excluding hydrogens is 486 g/mol. The van der Waals surface area contributed by atoms with Crippen molar-refractivity contribution in [3.8, 4) is 5.69 Å². The molecule has 184 valence electrons. The van der Waals surface area contributed by atoms with E-state index in [-0.39, 0.29) is 30.2 Å². The van der Waals surface area contributed by atoms with Crippen LogP contribution in [0.5, 0.6) is 0 Å². The number of hydrogen-bond donors (Lipinski definition) is 1. The Morgan fingerprint density at radius 3 is 2.31 bits per heavy atom. The van der Waals surface area contributed by atoms with Crippen LogP contribution in [0.15, 0.2) is 81.2 Å². The van der Waals surface area contributed by atoms with Crippen LogP contribution in [0.1, 0.15) is 22.8 Å². The number of rotatable bonds is 7. The van der Waals surface area contributed by atoms with Crippen LogP contribution in [0.3, 0.4) is 0 Å². The quantitative estimate of drug-likeness (QED) is 0.382. The zero-order chi connectivity index (χ0) is 25.8. The van der Waals surface area contributed by atoms with Crippen molar-refractivity contribution in [3.05, 3.63) is 114 Å². The molecule has 0 aliphatic rings. The van der Waals surface area contributed by atoms with E-state index in [4.69, 9.17) is 16.3 Å². The highest BCUT2D eigenvalue weighted by atomic mass is 35.5. The van der Waals surface area contributed by atoms with E-state index in [0.717, 1.165) is 10.1 Å². The lowest BCUT2D eigenvalue weighted by atomic mass is 10.2. The fraction of sp³-hybridized carbons (Fsp3) is 0.160. The predicted molar refractivity (Wildman–Crippen MR) is 136 cm³/mol. The zero-order valence-corrected chi connectivity index (χ0v) is 20.2. The molecule has 0 radical (unpaired) electrons. The molecular formula is C25H22ClN5O5. The van der Waals surface area contributed by atoms with Gasteiger partial charge < -0.3 is 10.1 Å². The molecule has 0 spiro atoms. The molecule has 4 rings (SSSR count). The van der Waals surface area contributed by atoms with Gasteiger partial charge in [0, 0.05) is 35.2 Å². The Kier molecular flexibility index (Phi) is 7.16. The number of esters is 1. The Morgan fingerprint density at radius 2 is 1.67 bits per heavy atom. The Hall–Kier alpha value is -4.44. The predicted octanol–water partition coefficient (Wildman–Crippen LogP) is 2.81. The van der Waals surface area contributed by atoms with Crippen molar-refractivity contribution in [2.45, 2.75) is 20.0 Å². The first-order chi connectivity index (χ1) is 17.3. The van der Waals surface area contributed by atoms with E-state index in [2.05, 4.69) is 10.3 Å². The van der Waals surface area contributed by atoms with Crippen LogP contribution in [0.25, 0.3) is 5.69 Å². The third kappa shape index (κ3) is 5.13. The maximum atomic E-state index is 13.0. The monoisotopic (exact) mass is 507 g/mol. The topological polar surface area (TPSA) is 117 Å². The first-order valence-electron chi connectivity index (χ1n) is 11.0. The molecule has 1 N–H and O–H groups in total. The van der Waals surface area contributed by atoms with Gasteiger partial charge in [0.15, 0.2) is 0 Å². The van der Waals surface area contributed by atoms with Crippen molar-refractivity contribution in [1.29, 1.82) is 0 Å². The number of methoxy groups -OCH3 is 1. The van der Waals surface area contributed by atoms with Crippen molar-refractivity contribution in [3.63, 3.8) is 0 Å². The van der Waals surface area contributed by atoms with Crippen LogP contribution in [0.2, 0.25) is 5.02 Å². The van der Waals surface area contributed by atoms with Gasteiger partial charge in [-0.15, -0.1) is 0 Å². The maximum absolute atomic E-state index is 13.0. The van der Waals surface area contributed by atoms with E-state index in [1.54, 1.807) is 55.5 Å². The minimum absolute atomic E-state index is 0.0715. The molecule has 0 unspecified atom stereocenters. The number of benzene rings is 2. The van der Waals surface area contributed by atoms with Crippen LogP contribution in [-0.4, -0.2) is 31.8 Å². The summed E-state index contributed by atoms with van der Waals surface area (Å²) in [5.74, 6) is -0.490. The highest BCUT2D eigenvalue weighted by Crippen LogP contribution is 2.17. The Labute approximate surface area is 210 Å². The Morgan fingerprint density at radius 1 is 0.972 bits per heavy atom. The fourth-order valence-electron chi connectivity index (χ4n) is 3.57. The van der Waals surface area contributed by atoms with Crippen molar-refractivity contribution in [1.82, 2.24) is 18.7 Å². The van der Waals surface area contributed by atoms with Gasteiger partial charge in [-0.2, -0.15) is 4.98 Å². The van der Waals surface area contributed by atoms with E-state index in [0.29, 0.717) is 16.4 Å². The second-order valence-corrected chi connectivity index (χ2v) is 8.18. The zero-order valence-electron chi connectivity index (χ0n) is 19.5. The highest BCUT2D eigenvalue weighted by molar-refractivity contribution is 6.30. The van der Waals surface area contributed by atoms with E-state index in [1.807, 2.05) is 0 Å². The number of hydrogen-bond acceptors (Lipinski definition) is 7. The smallest absolute Gasteiger partial charge is 0.354 e.